The number of nitrogens with one attached hydrogen (secondary N) is 1. The van der Waals surface area contributed by atoms with Gasteiger partial charge in [-0.2, -0.15) is 0 Å². The van der Waals surface area contributed by atoms with E-state index < -0.39 is 5.69 Å². The van der Waals surface area contributed by atoms with Gasteiger partial charge in [0, 0.05) is 24.8 Å². The molecule has 1 heterocycles. The Hall–Kier alpha value is -2.18. The molecule has 0 spiro atoms. The SMILES string of the molecule is COCCOCn1c(=O)[nH]c(Cc2ccccc2)c(C(C)C)c1=O. The second kappa shape index (κ2) is 8.61. The van der Waals surface area contributed by atoms with Crippen LogP contribution in [0.2, 0.25) is 0 Å². The summed E-state index contributed by atoms with van der Waals surface area (Å²) >= 11 is 0. The zero-order chi connectivity index (χ0) is 17.5. The quantitative estimate of drug-likeness (QED) is 0.749. The van der Waals surface area contributed by atoms with Gasteiger partial charge in [-0.05, 0) is 11.5 Å². The maximum atomic E-state index is 12.7. The van der Waals surface area contributed by atoms with Crippen molar-refractivity contribution in [2.45, 2.75) is 32.9 Å². The normalized spacial score (nSPS) is 11.2. The molecule has 2 aromatic rings. The van der Waals surface area contributed by atoms with Crippen molar-refractivity contribution in [2.24, 2.45) is 0 Å². The van der Waals surface area contributed by atoms with Crippen molar-refractivity contribution in [3.05, 3.63) is 68.0 Å². The minimum Gasteiger partial charge on any atom is -0.382 e. The number of H-pyrrole nitrogens is 1. The van der Waals surface area contributed by atoms with Crippen LogP contribution in [0.3, 0.4) is 0 Å². The van der Waals surface area contributed by atoms with Crippen LogP contribution < -0.4 is 11.2 Å². The highest BCUT2D eigenvalue weighted by Gasteiger charge is 2.17. The average molecular weight is 332 g/mol. The third-order valence-electron chi connectivity index (χ3n) is 3.76. The molecule has 1 N–H and O–H groups in total. The highest BCUT2D eigenvalue weighted by molar-refractivity contribution is 5.28. The highest BCUT2D eigenvalue weighted by atomic mass is 16.5. The third kappa shape index (κ3) is 4.43. The summed E-state index contributed by atoms with van der Waals surface area (Å²) in [6.07, 6.45) is 0.518. The molecule has 0 atom stereocenters. The Morgan fingerprint density at radius 1 is 1.12 bits per heavy atom. The topological polar surface area (TPSA) is 73.3 Å². The number of methoxy groups -OCH3 is 1. The second-order valence-corrected chi connectivity index (χ2v) is 5.90. The van der Waals surface area contributed by atoms with Gasteiger partial charge in [0.05, 0.1) is 13.2 Å². The molecular formula is C18H24N2O4. The van der Waals surface area contributed by atoms with Gasteiger partial charge in [0.25, 0.3) is 5.56 Å². The van der Waals surface area contributed by atoms with Gasteiger partial charge in [-0.3, -0.25) is 4.79 Å². The molecule has 0 aliphatic carbocycles. The molecular weight excluding hydrogens is 308 g/mol. The number of rotatable bonds is 8. The van der Waals surface area contributed by atoms with E-state index in [0.29, 0.717) is 30.9 Å². The van der Waals surface area contributed by atoms with Crippen LogP contribution in [0.15, 0.2) is 39.9 Å². The molecule has 130 valence electrons. The molecule has 6 nitrogen and oxygen atoms in total. The van der Waals surface area contributed by atoms with Crippen molar-refractivity contribution in [1.29, 1.82) is 0 Å². The van der Waals surface area contributed by atoms with Gasteiger partial charge >= 0.3 is 5.69 Å². The van der Waals surface area contributed by atoms with Crippen LogP contribution in [0.25, 0.3) is 0 Å². The lowest BCUT2D eigenvalue weighted by molar-refractivity contribution is 0.0305. The van der Waals surface area contributed by atoms with E-state index in [9.17, 15) is 9.59 Å². The van der Waals surface area contributed by atoms with E-state index in [2.05, 4.69) is 4.98 Å². The second-order valence-electron chi connectivity index (χ2n) is 5.90. The van der Waals surface area contributed by atoms with Gasteiger partial charge in [0.1, 0.15) is 6.73 Å². The van der Waals surface area contributed by atoms with Gasteiger partial charge in [-0.1, -0.05) is 44.2 Å². The number of hydrogen-bond acceptors (Lipinski definition) is 4. The monoisotopic (exact) mass is 332 g/mol. The fourth-order valence-electron chi connectivity index (χ4n) is 2.58. The first kappa shape index (κ1) is 18.2. The molecule has 0 aliphatic rings. The molecule has 0 aliphatic heterocycles. The molecule has 24 heavy (non-hydrogen) atoms. The molecule has 0 saturated carbocycles. The Balaban J connectivity index is 2.35. The summed E-state index contributed by atoms with van der Waals surface area (Å²) < 4.78 is 11.3. The zero-order valence-corrected chi connectivity index (χ0v) is 14.4. The molecule has 6 heteroatoms. The molecule has 1 aromatic heterocycles. The maximum absolute atomic E-state index is 12.7. The summed E-state index contributed by atoms with van der Waals surface area (Å²) in [5.74, 6) is -0.00159. The van der Waals surface area contributed by atoms with Crippen LogP contribution in [0.4, 0.5) is 0 Å². The maximum Gasteiger partial charge on any atom is 0.330 e. The highest BCUT2D eigenvalue weighted by Crippen LogP contribution is 2.16. The Morgan fingerprint density at radius 3 is 2.46 bits per heavy atom. The average Bonchev–Trinajstić information content (AvgIpc) is 2.54. The fourth-order valence-corrected chi connectivity index (χ4v) is 2.58. The van der Waals surface area contributed by atoms with Crippen LogP contribution in [-0.2, 0) is 22.6 Å². The smallest absolute Gasteiger partial charge is 0.330 e. The predicted molar refractivity (Wildman–Crippen MR) is 92.5 cm³/mol. The lowest BCUT2D eigenvalue weighted by Gasteiger charge is -2.15. The molecule has 1 aromatic carbocycles. The predicted octanol–water partition coefficient (Wildman–Crippen LogP) is 1.87. The van der Waals surface area contributed by atoms with Crippen molar-refractivity contribution in [3.8, 4) is 0 Å². The Bertz CT molecular complexity index is 763. The lowest BCUT2D eigenvalue weighted by Crippen LogP contribution is -2.40. The van der Waals surface area contributed by atoms with Crippen LogP contribution in [0.5, 0.6) is 0 Å². The third-order valence-corrected chi connectivity index (χ3v) is 3.76. The number of ether oxygens (including phenoxy) is 2. The van der Waals surface area contributed by atoms with Gasteiger partial charge < -0.3 is 14.5 Å². The fraction of sp³-hybridized carbons (Fsp3) is 0.444. The first-order valence-corrected chi connectivity index (χ1v) is 8.01. The Morgan fingerprint density at radius 2 is 1.83 bits per heavy atom. The summed E-state index contributed by atoms with van der Waals surface area (Å²) in [5.41, 5.74) is 1.58. The van der Waals surface area contributed by atoms with E-state index in [-0.39, 0.29) is 18.2 Å². The first-order chi connectivity index (χ1) is 11.5. The summed E-state index contributed by atoms with van der Waals surface area (Å²) in [5, 5.41) is 0. The van der Waals surface area contributed by atoms with Gasteiger partial charge in [-0.15, -0.1) is 0 Å². The summed E-state index contributed by atoms with van der Waals surface area (Å²) in [7, 11) is 1.57. The van der Waals surface area contributed by atoms with Crippen molar-refractivity contribution in [1.82, 2.24) is 9.55 Å². The van der Waals surface area contributed by atoms with E-state index in [4.69, 9.17) is 9.47 Å². The summed E-state index contributed by atoms with van der Waals surface area (Å²) in [6.45, 7) is 4.54. The van der Waals surface area contributed by atoms with Crippen molar-refractivity contribution in [3.63, 3.8) is 0 Å². The largest absolute Gasteiger partial charge is 0.382 e. The first-order valence-electron chi connectivity index (χ1n) is 8.01. The summed E-state index contributed by atoms with van der Waals surface area (Å²) in [6, 6.07) is 9.76. The number of hydrogen-bond donors (Lipinski definition) is 1. The van der Waals surface area contributed by atoms with E-state index in [1.54, 1.807) is 7.11 Å². The minimum absolute atomic E-state index is 0.00159. The molecule has 0 bridgehead atoms. The van der Waals surface area contributed by atoms with Crippen molar-refractivity contribution >= 4 is 0 Å². The van der Waals surface area contributed by atoms with Crippen LogP contribution in [0, 0.1) is 0 Å². The molecule has 0 amide bonds. The molecule has 0 saturated heterocycles. The van der Waals surface area contributed by atoms with Crippen LogP contribution in [-0.4, -0.2) is 29.9 Å². The van der Waals surface area contributed by atoms with Gasteiger partial charge in [-0.25, -0.2) is 9.36 Å². The van der Waals surface area contributed by atoms with E-state index in [1.165, 1.54) is 0 Å². The van der Waals surface area contributed by atoms with Crippen molar-refractivity contribution < 1.29 is 9.47 Å². The van der Waals surface area contributed by atoms with Gasteiger partial charge in [0.2, 0.25) is 0 Å². The van der Waals surface area contributed by atoms with E-state index >= 15 is 0 Å². The number of nitrogens with zero attached hydrogens (tertiary/aromatic N) is 1. The summed E-state index contributed by atoms with van der Waals surface area (Å²) in [4.78, 5) is 27.9. The van der Waals surface area contributed by atoms with Crippen molar-refractivity contribution in [2.75, 3.05) is 20.3 Å². The number of benzene rings is 1. The van der Waals surface area contributed by atoms with E-state index in [1.807, 2.05) is 44.2 Å². The molecule has 2 rings (SSSR count). The molecule has 0 fully saturated rings. The minimum atomic E-state index is -0.451. The molecule has 0 radical (unpaired) electrons. The zero-order valence-electron chi connectivity index (χ0n) is 14.4. The Labute approximate surface area is 141 Å². The standard InChI is InChI=1S/C18H24N2O4/c1-13(2)16-15(11-14-7-5-4-6-8-14)19-18(22)20(17(16)21)12-24-10-9-23-3/h4-8,13H,9-12H2,1-3H3,(H,19,22). The Kier molecular flexibility index (Phi) is 6.52. The van der Waals surface area contributed by atoms with Gasteiger partial charge in [0.15, 0.2) is 0 Å². The number of aromatic nitrogens is 2. The number of aromatic amines is 1. The molecule has 0 unspecified atom stereocenters. The van der Waals surface area contributed by atoms with E-state index in [0.717, 1.165) is 10.1 Å². The van der Waals surface area contributed by atoms with Crippen LogP contribution in [0.1, 0.15) is 36.6 Å². The lowest BCUT2D eigenvalue weighted by atomic mass is 9.98. The van der Waals surface area contributed by atoms with Crippen LogP contribution >= 0.6 is 0 Å².